The van der Waals surface area contributed by atoms with Crippen LogP contribution in [0.4, 0.5) is 0 Å². The van der Waals surface area contributed by atoms with E-state index in [9.17, 15) is 8.42 Å². The molecule has 0 amide bonds. The number of nitrogens with one attached hydrogen (secondary N) is 1. The second-order valence-corrected chi connectivity index (χ2v) is 7.58. The Balaban J connectivity index is 1.89. The van der Waals surface area contributed by atoms with Gasteiger partial charge in [0, 0.05) is 16.8 Å². The number of thiophene rings is 1. The van der Waals surface area contributed by atoms with Crippen LogP contribution in [0.1, 0.15) is 4.88 Å². The van der Waals surface area contributed by atoms with Crippen molar-refractivity contribution in [2.75, 3.05) is 0 Å². The van der Waals surface area contributed by atoms with Crippen molar-refractivity contribution in [3.05, 3.63) is 57.9 Å². The standard InChI is InChI=1S/C14H11ClN2O2S2/c15-14-6-3-10-8-12(4-5-13(10)17-14)21(18,19)16-9-11-2-1-7-20-11/h1-8,16H,9H2. The lowest BCUT2D eigenvalue weighted by atomic mass is 10.2. The van der Waals surface area contributed by atoms with Gasteiger partial charge in [0.1, 0.15) is 5.15 Å². The summed E-state index contributed by atoms with van der Waals surface area (Å²) in [5, 5.41) is 3.03. The van der Waals surface area contributed by atoms with Crippen LogP contribution in [0.15, 0.2) is 52.7 Å². The van der Waals surface area contributed by atoms with E-state index in [1.807, 2.05) is 17.5 Å². The number of aromatic nitrogens is 1. The Bertz CT molecular complexity index is 877. The largest absolute Gasteiger partial charge is 0.240 e. The second kappa shape index (κ2) is 5.73. The molecule has 3 aromatic rings. The normalized spacial score (nSPS) is 11.9. The summed E-state index contributed by atoms with van der Waals surface area (Å²) in [6.07, 6.45) is 0. The molecule has 0 atom stereocenters. The quantitative estimate of drug-likeness (QED) is 0.741. The number of hydrogen-bond acceptors (Lipinski definition) is 4. The van der Waals surface area contributed by atoms with E-state index in [1.54, 1.807) is 24.3 Å². The minimum atomic E-state index is -3.54. The van der Waals surface area contributed by atoms with Crippen LogP contribution < -0.4 is 4.72 Å². The van der Waals surface area contributed by atoms with Crippen LogP contribution in [0.3, 0.4) is 0 Å². The molecule has 21 heavy (non-hydrogen) atoms. The van der Waals surface area contributed by atoms with E-state index in [2.05, 4.69) is 9.71 Å². The van der Waals surface area contributed by atoms with E-state index in [0.29, 0.717) is 10.7 Å². The Morgan fingerprint density at radius 3 is 2.81 bits per heavy atom. The summed E-state index contributed by atoms with van der Waals surface area (Å²) in [7, 11) is -3.54. The van der Waals surface area contributed by atoms with Crippen LogP contribution in [0.25, 0.3) is 10.9 Å². The van der Waals surface area contributed by atoms with E-state index in [-0.39, 0.29) is 11.4 Å². The summed E-state index contributed by atoms with van der Waals surface area (Å²) in [6.45, 7) is 0.289. The fraction of sp³-hybridized carbons (Fsp3) is 0.0714. The number of nitrogens with zero attached hydrogens (tertiary/aromatic N) is 1. The average Bonchev–Trinajstić information content (AvgIpc) is 2.98. The van der Waals surface area contributed by atoms with E-state index in [0.717, 1.165) is 10.3 Å². The van der Waals surface area contributed by atoms with Gasteiger partial charge < -0.3 is 0 Å². The van der Waals surface area contributed by atoms with Crippen LogP contribution in [-0.4, -0.2) is 13.4 Å². The molecule has 0 aliphatic rings. The lowest BCUT2D eigenvalue weighted by Crippen LogP contribution is -2.22. The highest BCUT2D eigenvalue weighted by Gasteiger charge is 2.14. The minimum Gasteiger partial charge on any atom is -0.236 e. The number of rotatable bonds is 4. The van der Waals surface area contributed by atoms with Gasteiger partial charge in [-0.15, -0.1) is 11.3 Å². The maximum Gasteiger partial charge on any atom is 0.240 e. The zero-order valence-corrected chi connectivity index (χ0v) is 13.2. The SMILES string of the molecule is O=S(=O)(NCc1cccs1)c1ccc2nc(Cl)ccc2c1. The van der Waals surface area contributed by atoms with E-state index >= 15 is 0 Å². The first kappa shape index (κ1) is 14.5. The zero-order chi connectivity index (χ0) is 14.9. The van der Waals surface area contributed by atoms with Crippen molar-refractivity contribution >= 4 is 43.9 Å². The van der Waals surface area contributed by atoms with Gasteiger partial charge in [-0.2, -0.15) is 0 Å². The molecule has 0 spiro atoms. The monoisotopic (exact) mass is 338 g/mol. The van der Waals surface area contributed by atoms with Crippen LogP contribution in [0, 0.1) is 0 Å². The lowest BCUT2D eigenvalue weighted by Gasteiger charge is -2.07. The van der Waals surface area contributed by atoms with E-state index < -0.39 is 10.0 Å². The number of halogens is 1. The first-order valence-electron chi connectivity index (χ1n) is 6.13. The fourth-order valence-corrected chi connectivity index (χ4v) is 3.84. The molecule has 0 fully saturated rings. The van der Waals surface area contributed by atoms with Gasteiger partial charge in [-0.3, -0.25) is 0 Å². The Morgan fingerprint density at radius 2 is 2.05 bits per heavy atom. The molecule has 0 saturated heterocycles. The number of sulfonamides is 1. The first-order valence-corrected chi connectivity index (χ1v) is 8.87. The highest BCUT2D eigenvalue weighted by atomic mass is 35.5. The molecule has 0 unspecified atom stereocenters. The molecular weight excluding hydrogens is 328 g/mol. The summed E-state index contributed by atoms with van der Waals surface area (Å²) < 4.78 is 27.2. The third kappa shape index (κ3) is 3.24. The highest BCUT2D eigenvalue weighted by Crippen LogP contribution is 2.20. The zero-order valence-electron chi connectivity index (χ0n) is 10.8. The van der Waals surface area contributed by atoms with Gasteiger partial charge in [-0.25, -0.2) is 18.1 Å². The third-order valence-electron chi connectivity index (χ3n) is 2.95. The van der Waals surface area contributed by atoms with Gasteiger partial charge in [0.05, 0.1) is 10.4 Å². The third-order valence-corrected chi connectivity index (χ3v) is 5.44. The Morgan fingerprint density at radius 1 is 1.19 bits per heavy atom. The van der Waals surface area contributed by atoms with E-state index in [4.69, 9.17) is 11.6 Å². The average molecular weight is 339 g/mol. The molecule has 4 nitrogen and oxygen atoms in total. The molecule has 0 saturated carbocycles. The molecule has 0 radical (unpaired) electrons. The van der Waals surface area contributed by atoms with Crippen LogP contribution >= 0.6 is 22.9 Å². The van der Waals surface area contributed by atoms with E-state index in [1.165, 1.54) is 17.4 Å². The predicted molar refractivity (Wildman–Crippen MR) is 85.1 cm³/mol. The van der Waals surface area contributed by atoms with Crippen LogP contribution in [-0.2, 0) is 16.6 Å². The van der Waals surface area contributed by atoms with Gasteiger partial charge >= 0.3 is 0 Å². The van der Waals surface area contributed by atoms with Crippen molar-refractivity contribution in [3.8, 4) is 0 Å². The Labute approximate surface area is 131 Å². The van der Waals surface area contributed by atoms with Gasteiger partial charge in [-0.05, 0) is 41.8 Å². The molecular formula is C14H11ClN2O2S2. The number of hydrogen-bond donors (Lipinski definition) is 1. The minimum absolute atomic E-state index is 0.218. The molecule has 108 valence electrons. The first-order chi connectivity index (χ1) is 10.0. The Hall–Kier alpha value is -1.47. The lowest BCUT2D eigenvalue weighted by molar-refractivity contribution is 0.582. The summed E-state index contributed by atoms with van der Waals surface area (Å²) in [6, 6.07) is 11.9. The molecule has 3 rings (SSSR count). The fourth-order valence-electron chi connectivity index (χ4n) is 1.91. The molecule has 1 aromatic carbocycles. The molecule has 0 bridgehead atoms. The van der Waals surface area contributed by atoms with Crippen molar-refractivity contribution < 1.29 is 8.42 Å². The summed E-state index contributed by atoms with van der Waals surface area (Å²) in [4.78, 5) is 5.32. The van der Waals surface area contributed by atoms with Gasteiger partial charge in [-0.1, -0.05) is 17.7 Å². The maximum atomic E-state index is 12.3. The summed E-state index contributed by atoms with van der Waals surface area (Å²) in [5.41, 5.74) is 0.666. The van der Waals surface area contributed by atoms with Gasteiger partial charge in [0.15, 0.2) is 0 Å². The summed E-state index contributed by atoms with van der Waals surface area (Å²) >= 11 is 7.33. The summed E-state index contributed by atoms with van der Waals surface area (Å²) in [5.74, 6) is 0. The maximum absolute atomic E-state index is 12.3. The predicted octanol–water partition coefficient (Wildman–Crippen LogP) is 3.43. The molecule has 0 aliphatic carbocycles. The van der Waals surface area contributed by atoms with Crippen molar-refractivity contribution in [2.45, 2.75) is 11.4 Å². The smallest absolute Gasteiger partial charge is 0.236 e. The van der Waals surface area contributed by atoms with Gasteiger partial charge in [0.25, 0.3) is 0 Å². The van der Waals surface area contributed by atoms with Crippen LogP contribution in [0.5, 0.6) is 0 Å². The number of pyridine rings is 1. The second-order valence-electron chi connectivity index (χ2n) is 4.39. The molecule has 0 aliphatic heterocycles. The highest BCUT2D eigenvalue weighted by molar-refractivity contribution is 7.89. The van der Waals surface area contributed by atoms with Crippen molar-refractivity contribution in [2.24, 2.45) is 0 Å². The number of fused-ring (bicyclic) bond motifs is 1. The molecule has 2 heterocycles. The van der Waals surface area contributed by atoms with Crippen molar-refractivity contribution in [1.29, 1.82) is 0 Å². The molecule has 7 heteroatoms. The molecule has 2 aromatic heterocycles. The molecule has 1 N–H and O–H groups in total. The van der Waals surface area contributed by atoms with Gasteiger partial charge in [0.2, 0.25) is 10.0 Å². The Kier molecular flexibility index (Phi) is 3.95. The van der Waals surface area contributed by atoms with Crippen molar-refractivity contribution in [1.82, 2.24) is 9.71 Å². The van der Waals surface area contributed by atoms with Crippen molar-refractivity contribution in [3.63, 3.8) is 0 Å². The number of benzene rings is 1. The van der Waals surface area contributed by atoms with Crippen LogP contribution in [0.2, 0.25) is 5.15 Å². The topological polar surface area (TPSA) is 59.1 Å².